The van der Waals surface area contributed by atoms with E-state index >= 15 is 0 Å². The van der Waals surface area contributed by atoms with Gasteiger partial charge in [0, 0.05) is 13.0 Å². The summed E-state index contributed by atoms with van der Waals surface area (Å²) in [5.74, 6) is 0.669. The van der Waals surface area contributed by atoms with E-state index in [1.807, 2.05) is 42.5 Å². The molecule has 1 aliphatic heterocycles. The van der Waals surface area contributed by atoms with Crippen LogP contribution in [0.2, 0.25) is 0 Å². The molecule has 1 saturated heterocycles. The minimum Gasteiger partial charge on any atom is -0.497 e. The van der Waals surface area contributed by atoms with E-state index < -0.39 is 5.92 Å². The molecule has 0 N–H and O–H groups in total. The Balaban J connectivity index is 1.35. The van der Waals surface area contributed by atoms with E-state index in [0.717, 1.165) is 22.1 Å². The van der Waals surface area contributed by atoms with Crippen LogP contribution in [-0.4, -0.2) is 30.4 Å². The Morgan fingerprint density at radius 2 is 2.00 bits per heavy atom. The molecule has 28 heavy (non-hydrogen) atoms. The van der Waals surface area contributed by atoms with Crippen molar-refractivity contribution in [1.29, 1.82) is 0 Å². The number of carbonyl (C=O) groups excluding carboxylic acids is 2. The summed E-state index contributed by atoms with van der Waals surface area (Å²) >= 11 is 0. The highest BCUT2D eigenvalue weighted by Crippen LogP contribution is 2.24. The number of furan rings is 1. The zero-order valence-corrected chi connectivity index (χ0v) is 15.6. The molecule has 0 radical (unpaired) electrons. The number of likely N-dealkylation sites (tertiary alicyclic amines) is 1. The van der Waals surface area contributed by atoms with Crippen LogP contribution in [0.5, 0.6) is 5.75 Å². The summed E-state index contributed by atoms with van der Waals surface area (Å²) in [6.07, 6.45) is 1.75. The zero-order chi connectivity index (χ0) is 19.5. The highest BCUT2D eigenvalue weighted by atomic mass is 16.5. The predicted molar refractivity (Wildman–Crippen MR) is 103 cm³/mol. The van der Waals surface area contributed by atoms with Crippen molar-refractivity contribution < 1.29 is 23.5 Å². The summed E-state index contributed by atoms with van der Waals surface area (Å²) in [7, 11) is 1.64. The molecule has 0 aliphatic carbocycles. The number of rotatable bonds is 6. The lowest BCUT2D eigenvalue weighted by Gasteiger charge is -2.14. The summed E-state index contributed by atoms with van der Waals surface area (Å²) in [6, 6.07) is 15.3. The maximum atomic E-state index is 12.4. The van der Waals surface area contributed by atoms with Gasteiger partial charge < -0.3 is 18.8 Å². The topological polar surface area (TPSA) is 69.0 Å². The number of fused-ring (bicyclic) bond motifs is 1. The summed E-state index contributed by atoms with van der Waals surface area (Å²) in [5, 5.41) is 2.11. The first-order valence-electron chi connectivity index (χ1n) is 9.16. The molecule has 0 bridgehead atoms. The van der Waals surface area contributed by atoms with Crippen LogP contribution in [0, 0.1) is 5.92 Å². The normalized spacial score (nSPS) is 16.5. The number of hydrogen-bond acceptors (Lipinski definition) is 5. The first kappa shape index (κ1) is 18.1. The van der Waals surface area contributed by atoms with E-state index in [4.69, 9.17) is 13.9 Å². The highest BCUT2D eigenvalue weighted by Gasteiger charge is 2.35. The van der Waals surface area contributed by atoms with Gasteiger partial charge in [0.05, 0.1) is 25.8 Å². The van der Waals surface area contributed by atoms with Crippen molar-refractivity contribution in [2.24, 2.45) is 5.92 Å². The van der Waals surface area contributed by atoms with E-state index in [1.54, 1.807) is 24.3 Å². The first-order valence-corrected chi connectivity index (χ1v) is 9.16. The van der Waals surface area contributed by atoms with Crippen LogP contribution in [0.4, 0.5) is 0 Å². The molecule has 1 aromatic heterocycles. The quantitative estimate of drug-likeness (QED) is 0.613. The number of benzene rings is 2. The average Bonchev–Trinajstić information content (AvgIpc) is 3.36. The molecule has 1 atom stereocenters. The highest BCUT2D eigenvalue weighted by molar-refractivity contribution is 5.87. The number of hydrogen-bond donors (Lipinski definition) is 0. The van der Waals surface area contributed by atoms with Gasteiger partial charge >= 0.3 is 5.97 Å². The van der Waals surface area contributed by atoms with Crippen LogP contribution in [0.25, 0.3) is 10.8 Å². The van der Waals surface area contributed by atoms with Gasteiger partial charge in [0.1, 0.15) is 18.1 Å². The van der Waals surface area contributed by atoms with Gasteiger partial charge in [0.25, 0.3) is 0 Å². The Kier molecular flexibility index (Phi) is 5.02. The predicted octanol–water partition coefficient (Wildman–Crippen LogP) is 3.53. The van der Waals surface area contributed by atoms with Gasteiger partial charge in [-0.15, -0.1) is 0 Å². The molecule has 1 unspecified atom stereocenters. The van der Waals surface area contributed by atoms with Gasteiger partial charge in [-0.2, -0.15) is 0 Å². The number of nitrogens with zero attached hydrogens (tertiary/aromatic N) is 1. The van der Waals surface area contributed by atoms with Crippen molar-refractivity contribution in [3.8, 4) is 5.75 Å². The molecule has 3 aromatic rings. The van der Waals surface area contributed by atoms with Crippen LogP contribution in [-0.2, 0) is 27.5 Å². The molecule has 2 heterocycles. The summed E-state index contributed by atoms with van der Waals surface area (Å²) in [5.41, 5.74) is 0.905. The maximum absolute atomic E-state index is 12.4. The molecule has 2 aromatic carbocycles. The number of carbonyl (C=O) groups is 2. The fraction of sp³-hybridized carbons (Fsp3) is 0.273. The molecule has 6 heteroatoms. The Labute approximate surface area is 162 Å². The van der Waals surface area contributed by atoms with Crippen LogP contribution in [0.15, 0.2) is 59.2 Å². The van der Waals surface area contributed by atoms with Crippen molar-refractivity contribution >= 4 is 22.6 Å². The average molecular weight is 379 g/mol. The zero-order valence-electron chi connectivity index (χ0n) is 15.6. The monoisotopic (exact) mass is 379 g/mol. The van der Waals surface area contributed by atoms with Crippen LogP contribution < -0.4 is 4.74 Å². The van der Waals surface area contributed by atoms with Gasteiger partial charge in [0.15, 0.2) is 0 Å². The van der Waals surface area contributed by atoms with Crippen LogP contribution in [0.3, 0.4) is 0 Å². The molecule has 1 aliphatic rings. The number of ether oxygens (including phenoxy) is 2. The van der Waals surface area contributed by atoms with Gasteiger partial charge in [-0.25, -0.2) is 0 Å². The third-order valence-electron chi connectivity index (χ3n) is 4.97. The second kappa shape index (κ2) is 7.76. The molecule has 1 fully saturated rings. The molecule has 0 saturated carbocycles. The Hall–Kier alpha value is -3.28. The van der Waals surface area contributed by atoms with Gasteiger partial charge in [-0.05, 0) is 46.7 Å². The lowest BCUT2D eigenvalue weighted by Crippen LogP contribution is -2.26. The molecule has 0 spiro atoms. The van der Waals surface area contributed by atoms with E-state index in [0.29, 0.717) is 18.8 Å². The minimum atomic E-state index is -0.438. The second-order valence-electron chi connectivity index (χ2n) is 6.91. The van der Waals surface area contributed by atoms with Crippen molar-refractivity contribution in [2.75, 3.05) is 13.7 Å². The fourth-order valence-corrected chi connectivity index (χ4v) is 3.44. The number of amides is 1. The molecule has 1 amide bonds. The molecular formula is C22H21NO5. The Bertz CT molecular complexity index is 995. The van der Waals surface area contributed by atoms with Crippen molar-refractivity contribution in [3.63, 3.8) is 0 Å². The van der Waals surface area contributed by atoms with Crippen molar-refractivity contribution in [2.45, 2.75) is 19.6 Å². The third-order valence-corrected chi connectivity index (χ3v) is 4.97. The lowest BCUT2D eigenvalue weighted by molar-refractivity contribution is -0.149. The standard InChI is InChI=1S/C22H21NO5/c1-26-19-7-6-16-9-15(4-5-17(16)10-19)14-28-22(25)18-11-21(24)23(12-18)13-20-3-2-8-27-20/h2-10,18H,11-14H2,1H3. The van der Waals surface area contributed by atoms with Gasteiger partial charge in [-0.1, -0.05) is 18.2 Å². The number of esters is 1. The van der Waals surface area contributed by atoms with Crippen LogP contribution >= 0.6 is 0 Å². The van der Waals surface area contributed by atoms with Crippen molar-refractivity contribution in [3.05, 3.63) is 66.1 Å². The van der Waals surface area contributed by atoms with Gasteiger partial charge in [0.2, 0.25) is 5.91 Å². The first-order chi connectivity index (χ1) is 13.6. The molecule has 144 valence electrons. The van der Waals surface area contributed by atoms with Gasteiger partial charge in [-0.3, -0.25) is 9.59 Å². The molecular weight excluding hydrogens is 358 g/mol. The second-order valence-corrected chi connectivity index (χ2v) is 6.91. The smallest absolute Gasteiger partial charge is 0.311 e. The Morgan fingerprint density at radius 3 is 2.79 bits per heavy atom. The van der Waals surface area contributed by atoms with E-state index in [1.165, 1.54) is 0 Å². The number of methoxy groups -OCH3 is 1. The summed E-state index contributed by atoms with van der Waals surface area (Å²) < 4.78 is 16.0. The maximum Gasteiger partial charge on any atom is 0.311 e. The van der Waals surface area contributed by atoms with E-state index in [9.17, 15) is 9.59 Å². The van der Waals surface area contributed by atoms with Crippen molar-refractivity contribution in [1.82, 2.24) is 4.90 Å². The largest absolute Gasteiger partial charge is 0.497 e. The lowest BCUT2D eigenvalue weighted by atomic mass is 10.1. The summed E-state index contributed by atoms with van der Waals surface area (Å²) in [4.78, 5) is 26.2. The third kappa shape index (κ3) is 3.86. The van der Waals surface area contributed by atoms with Crippen LogP contribution in [0.1, 0.15) is 17.7 Å². The summed E-state index contributed by atoms with van der Waals surface area (Å²) in [6.45, 7) is 0.920. The fourth-order valence-electron chi connectivity index (χ4n) is 3.44. The SMILES string of the molecule is COc1ccc2cc(COC(=O)C3CC(=O)N(Cc4ccco4)C3)ccc2c1. The minimum absolute atomic E-state index is 0.0574. The molecule has 4 rings (SSSR count). The molecule has 6 nitrogen and oxygen atoms in total. The Morgan fingerprint density at radius 1 is 1.18 bits per heavy atom. The van der Waals surface area contributed by atoms with E-state index in [2.05, 4.69) is 0 Å². The van der Waals surface area contributed by atoms with E-state index in [-0.39, 0.29) is 24.9 Å².